The second kappa shape index (κ2) is 8.20. The Morgan fingerprint density at radius 3 is 3.07 bits per heavy atom. The van der Waals surface area contributed by atoms with Crippen LogP contribution >= 0.6 is 11.3 Å². The Kier molecular flexibility index (Phi) is 5.50. The van der Waals surface area contributed by atoms with Crippen molar-refractivity contribution < 1.29 is 9.53 Å². The lowest BCUT2D eigenvalue weighted by Crippen LogP contribution is -2.31. The van der Waals surface area contributed by atoms with E-state index in [1.807, 2.05) is 48.4 Å². The molecule has 0 aliphatic carbocycles. The van der Waals surface area contributed by atoms with Gasteiger partial charge in [-0.3, -0.25) is 9.78 Å². The molecule has 1 saturated heterocycles. The maximum atomic E-state index is 13.2. The number of aromatic nitrogens is 3. The van der Waals surface area contributed by atoms with Crippen molar-refractivity contribution >= 4 is 33.4 Å². The number of ether oxygens (including phenoxy) is 1. The summed E-state index contributed by atoms with van der Waals surface area (Å²) in [5.74, 6) is 0.374. The van der Waals surface area contributed by atoms with Gasteiger partial charge in [0.2, 0.25) is 5.95 Å². The fraction of sp³-hybridized carbons (Fsp3) is 0.400. The molecule has 0 bridgehead atoms. The predicted molar refractivity (Wildman–Crippen MR) is 110 cm³/mol. The lowest BCUT2D eigenvalue weighted by molar-refractivity contribution is 0.0596. The highest BCUT2D eigenvalue weighted by atomic mass is 32.1. The molecule has 28 heavy (non-hydrogen) atoms. The van der Waals surface area contributed by atoms with E-state index in [9.17, 15) is 4.79 Å². The van der Waals surface area contributed by atoms with Gasteiger partial charge in [0.15, 0.2) is 5.69 Å². The van der Waals surface area contributed by atoms with Gasteiger partial charge in [0.1, 0.15) is 0 Å². The summed E-state index contributed by atoms with van der Waals surface area (Å²) in [4.78, 5) is 28.5. The predicted octanol–water partition coefficient (Wildman–Crippen LogP) is 3.51. The first-order valence-corrected chi connectivity index (χ1v) is 10.4. The first-order valence-electron chi connectivity index (χ1n) is 9.49. The lowest BCUT2D eigenvalue weighted by Gasteiger charge is -2.18. The molecular weight excluding hydrogens is 374 g/mol. The number of carbonyl (C=O) groups excluding carboxylic acids is 1. The van der Waals surface area contributed by atoms with Crippen molar-refractivity contribution in [1.82, 2.24) is 19.9 Å². The number of nitrogens with one attached hydrogen (secondary N) is 1. The van der Waals surface area contributed by atoms with Gasteiger partial charge < -0.3 is 15.0 Å². The number of nitrogens with zero attached hydrogens (tertiary/aromatic N) is 4. The van der Waals surface area contributed by atoms with Gasteiger partial charge in [-0.2, -0.15) is 0 Å². The Labute approximate surface area is 167 Å². The van der Waals surface area contributed by atoms with Gasteiger partial charge in [0, 0.05) is 25.9 Å². The summed E-state index contributed by atoms with van der Waals surface area (Å²) >= 11 is 1.49. The number of rotatable bonds is 6. The van der Waals surface area contributed by atoms with Crippen molar-refractivity contribution in [2.75, 3.05) is 25.0 Å². The average Bonchev–Trinajstić information content (AvgIpc) is 3.37. The number of thiophene rings is 1. The van der Waals surface area contributed by atoms with Crippen LogP contribution in [0.15, 0.2) is 35.8 Å². The topological polar surface area (TPSA) is 80.2 Å². The van der Waals surface area contributed by atoms with Gasteiger partial charge in [-0.1, -0.05) is 6.07 Å². The normalized spacial score (nSPS) is 17.8. The molecule has 2 atom stereocenters. The van der Waals surface area contributed by atoms with Crippen LogP contribution in [-0.4, -0.2) is 51.6 Å². The second-order valence-corrected chi connectivity index (χ2v) is 7.68. The van der Waals surface area contributed by atoms with E-state index in [0.717, 1.165) is 22.3 Å². The van der Waals surface area contributed by atoms with E-state index in [1.54, 1.807) is 6.20 Å². The standard InChI is InChI=1S/C20H23N5O2S/c1-3-27-14-7-10-25(12-14)19(26)17-18-16(8-11-28-18)23-20(24-17)22-13(2)15-6-4-5-9-21-15/h4-6,8-9,11,13-14H,3,7,10,12H2,1-2H3,(H,22,23,24)/t13-,14-/m0/s1. The van der Waals surface area contributed by atoms with Crippen molar-refractivity contribution in [3.8, 4) is 0 Å². The Bertz CT molecular complexity index is 962. The fourth-order valence-electron chi connectivity index (χ4n) is 3.41. The molecule has 146 valence electrons. The third-order valence-corrected chi connectivity index (χ3v) is 5.73. The van der Waals surface area contributed by atoms with Crippen LogP contribution in [-0.2, 0) is 4.74 Å². The molecule has 1 fully saturated rings. The van der Waals surface area contributed by atoms with Crippen molar-refractivity contribution in [1.29, 1.82) is 0 Å². The highest BCUT2D eigenvalue weighted by Crippen LogP contribution is 2.27. The molecule has 0 radical (unpaired) electrons. The molecule has 0 saturated carbocycles. The van der Waals surface area contributed by atoms with Gasteiger partial charge in [-0.25, -0.2) is 9.97 Å². The first kappa shape index (κ1) is 18.8. The van der Waals surface area contributed by atoms with Gasteiger partial charge in [-0.05, 0) is 43.8 Å². The molecule has 1 aliphatic heterocycles. The molecule has 4 rings (SSSR count). The van der Waals surface area contributed by atoms with Crippen LogP contribution in [0.3, 0.4) is 0 Å². The number of anilines is 1. The van der Waals surface area contributed by atoms with E-state index >= 15 is 0 Å². The van der Waals surface area contributed by atoms with Crippen LogP contribution < -0.4 is 5.32 Å². The van der Waals surface area contributed by atoms with Crippen LogP contribution in [0.25, 0.3) is 10.2 Å². The molecule has 4 heterocycles. The lowest BCUT2D eigenvalue weighted by atomic mass is 10.2. The maximum absolute atomic E-state index is 13.2. The summed E-state index contributed by atoms with van der Waals surface area (Å²) in [5, 5.41) is 5.22. The number of likely N-dealkylation sites (tertiary alicyclic amines) is 1. The number of hydrogen-bond donors (Lipinski definition) is 1. The molecule has 0 aromatic carbocycles. The highest BCUT2D eigenvalue weighted by molar-refractivity contribution is 7.17. The van der Waals surface area contributed by atoms with Crippen molar-refractivity contribution in [2.24, 2.45) is 0 Å². The summed E-state index contributed by atoms with van der Waals surface area (Å²) in [7, 11) is 0. The van der Waals surface area contributed by atoms with Crippen LogP contribution in [0.1, 0.15) is 42.5 Å². The quantitative estimate of drug-likeness (QED) is 0.686. The molecule has 1 aliphatic rings. The monoisotopic (exact) mass is 397 g/mol. The molecule has 1 N–H and O–H groups in total. The second-order valence-electron chi connectivity index (χ2n) is 6.77. The first-order chi connectivity index (χ1) is 13.7. The Balaban J connectivity index is 1.60. The summed E-state index contributed by atoms with van der Waals surface area (Å²) in [6, 6.07) is 7.62. The molecule has 0 unspecified atom stereocenters. The molecule has 1 amide bonds. The smallest absolute Gasteiger partial charge is 0.274 e. The van der Waals surface area contributed by atoms with Crippen molar-refractivity contribution in [2.45, 2.75) is 32.4 Å². The number of hydrogen-bond acceptors (Lipinski definition) is 7. The molecule has 3 aromatic rings. The molecule has 8 heteroatoms. The van der Waals surface area contributed by atoms with Gasteiger partial charge in [0.05, 0.1) is 28.1 Å². The van der Waals surface area contributed by atoms with E-state index < -0.39 is 0 Å². The van der Waals surface area contributed by atoms with Gasteiger partial charge in [-0.15, -0.1) is 11.3 Å². The van der Waals surface area contributed by atoms with Crippen LogP contribution in [0, 0.1) is 0 Å². The third kappa shape index (κ3) is 3.83. The number of carbonyl (C=O) groups is 1. The minimum atomic E-state index is -0.0747. The molecular formula is C20H23N5O2S. The largest absolute Gasteiger partial charge is 0.377 e. The van der Waals surface area contributed by atoms with E-state index in [0.29, 0.717) is 31.3 Å². The SMILES string of the molecule is CCO[C@H]1CCN(C(=O)c2nc(N[C@@H](C)c3ccccn3)nc3ccsc23)C1. The average molecular weight is 398 g/mol. The third-order valence-electron chi connectivity index (χ3n) is 4.82. The van der Waals surface area contributed by atoms with Crippen LogP contribution in [0.5, 0.6) is 0 Å². The van der Waals surface area contributed by atoms with E-state index in [1.165, 1.54) is 11.3 Å². The van der Waals surface area contributed by atoms with Gasteiger partial charge in [0.25, 0.3) is 5.91 Å². The van der Waals surface area contributed by atoms with E-state index in [4.69, 9.17) is 4.74 Å². The zero-order chi connectivity index (χ0) is 19.5. The highest BCUT2D eigenvalue weighted by Gasteiger charge is 2.30. The summed E-state index contributed by atoms with van der Waals surface area (Å²) in [6.07, 6.45) is 2.73. The maximum Gasteiger partial charge on any atom is 0.274 e. The van der Waals surface area contributed by atoms with Crippen molar-refractivity contribution in [3.05, 3.63) is 47.2 Å². The summed E-state index contributed by atoms with van der Waals surface area (Å²) in [6.45, 7) is 5.93. The zero-order valence-electron chi connectivity index (χ0n) is 16.0. The van der Waals surface area contributed by atoms with Crippen molar-refractivity contribution in [3.63, 3.8) is 0 Å². The summed E-state index contributed by atoms with van der Waals surface area (Å²) < 4.78 is 6.49. The molecule has 0 spiro atoms. The zero-order valence-corrected chi connectivity index (χ0v) is 16.8. The molecule has 7 nitrogen and oxygen atoms in total. The fourth-order valence-corrected chi connectivity index (χ4v) is 4.22. The van der Waals surface area contributed by atoms with E-state index in [2.05, 4.69) is 20.3 Å². The van der Waals surface area contributed by atoms with Gasteiger partial charge >= 0.3 is 0 Å². The number of amides is 1. The number of fused-ring (bicyclic) bond motifs is 1. The Hall–Kier alpha value is -2.58. The number of pyridine rings is 1. The van der Waals surface area contributed by atoms with Crippen LogP contribution in [0.2, 0.25) is 0 Å². The Morgan fingerprint density at radius 1 is 1.39 bits per heavy atom. The minimum Gasteiger partial charge on any atom is -0.377 e. The van der Waals surface area contributed by atoms with Crippen LogP contribution in [0.4, 0.5) is 5.95 Å². The Morgan fingerprint density at radius 2 is 2.29 bits per heavy atom. The summed E-state index contributed by atoms with van der Waals surface area (Å²) in [5.41, 5.74) is 2.12. The van der Waals surface area contributed by atoms with E-state index in [-0.39, 0.29) is 18.1 Å². The molecule has 3 aromatic heterocycles. The minimum absolute atomic E-state index is 0.0643.